The Hall–Kier alpha value is -2.73. The van der Waals surface area contributed by atoms with Crippen LogP contribution in [0.2, 0.25) is 15.1 Å². The standard InChI is InChI=1S/C22H15Cl3N2O3/c23-16-5-2-1-4-13(16)14-8-12(10-20(28)29)9-19-15(14)11-26-22(30)27(19)21-17(24)6-3-7-18(21)25/h1-9H,10-11H2,(H,26,30)(H,28,29). The lowest BCUT2D eigenvalue weighted by molar-refractivity contribution is -0.136. The van der Waals surface area contributed by atoms with Gasteiger partial charge in [0.05, 0.1) is 27.8 Å². The lowest BCUT2D eigenvalue weighted by Gasteiger charge is -2.33. The monoisotopic (exact) mass is 460 g/mol. The van der Waals surface area contributed by atoms with Gasteiger partial charge in [-0.25, -0.2) is 4.79 Å². The molecular weight excluding hydrogens is 447 g/mol. The minimum atomic E-state index is -0.984. The number of carboxylic acid groups (broad SMARTS) is 1. The number of halogens is 3. The number of fused-ring (bicyclic) bond motifs is 1. The molecule has 152 valence electrons. The van der Waals surface area contributed by atoms with E-state index in [2.05, 4.69) is 5.32 Å². The molecule has 30 heavy (non-hydrogen) atoms. The molecule has 1 aliphatic rings. The molecule has 0 saturated carbocycles. The third kappa shape index (κ3) is 3.72. The van der Waals surface area contributed by atoms with E-state index in [1.54, 1.807) is 36.4 Å². The number of carbonyl (C=O) groups excluding carboxylic acids is 1. The van der Waals surface area contributed by atoms with Gasteiger partial charge in [0, 0.05) is 22.7 Å². The Morgan fingerprint density at radius 3 is 2.30 bits per heavy atom. The van der Waals surface area contributed by atoms with E-state index in [0.717, 1.165) is 16.7 Å². The van der Waals surface area contributed by atoms with Gasteiger partial charge in [-0.3, -0.25) is 9.69 Å². The third-order valence-corrected chi connectivity index (χ3v) is 5.77. The topological polar surface area (TPSA) is 69.6 Å². The van der Waals surface area contributed by atoms with Gasteiger partial charge in [0.2, 0.25) is 0 Å². The van der Waals surface area contributed by atoms with Crippen LogP contribution < -0.4 is 10.2 Å². The normalized spacial score (nSPS) is 13.0. The molecule has 5 nitrogen and oxygen atoms in total. The van der Waals surface area contributed by atoms with E-state index < -0.39 is 12.0 Å². The highest BCUT2D eigenvalue weighted by Crippen LogP contribution is 2.44. The Kier molecular flexibility index (Phi) is 5.60. The number of urea groups is 1. The van der Waals surface area contributed by atoms with Crippen molar-refractivity contribution in [3.05, 3.63) is 80.8 Å². The van der Waals surface area contributed by atoms with Crippen molar-refractivity contribution in [1.82, 2.24) is 5.32 Å². The lowest BCUT2D eigenvalue weighted by atomic mass is 9.92. The molecular formula is C22H15Cl3N2O3. The Morgan fingerprint density at radius 1 is 0.967 bits per heavy atom. The summed E-state index contributed by atoms with van der Waals surface area (Å²) in [6.07, 6.45) is -0.212. The van der Waals surface area contributed by atoms with Crippen LogP contribution in [0.15, 0.2) is 54.6 Å². The van der Waals surface area contributed by atoms with Crippen LogP contribution in [0.5, 0.6) is 0 Å². The second kappa shape index (κ2) is 8.19. The highest BCUT2D eigenvalue weighted by molar-refractivity contribution is 6.40. The first kappa shape index (κ1) is 20.5. The molecule has 0 unspecified atom stereocenters. The molecule has 4 rings (SSSR count). The number of anilines is 2. The molecule has 2 amide bonds. The molecule has 0 aliphatic carbocycles. The van der Waals surface area contributed by atoms with E-state index in [1.807, 2.05) is 18.2 Å². The van der Waals surface area contributed by atoms with Crippen molar-refractivity contribution < 1.29 is 14.7 Å². The number of rotatable bonds is 4. The second-order valence-corrected chi connectivity index (χ2v) is 7.98. The molecule has 2 N–H and O–H groups in total. The number of nitrogens with one attached hydrogen (secondary N) is 1. The van der Waals surface area contributed by atoms with Crippen molar-refractivity contribution in [3.63, 3.8) is 0 Å². The number of amides is 2. The number of carboxylic acids is 1. The summed E-state index contributed by atoms with van der Waals surface area (Å²) in [6.45, 7) is 0.251. The number of carbonyl (C=O) groups is 2. The van der Waals surface area contributed by atoms with Gasteiger partial charge in [0.1, 0.15) is 0 Å². The highest BCUT2D eigenvalue weighted by atomic mass is 35.5. The molecule has 0 saturated heterocycles. The summed E-state index contributed by atoms with van der Waals surface area (Å²) in [4.78, 5) is 25.7. The van der Waals surface area contributed by atoms with E-state index in [-0.39, 0.29) is 13.0 Å². The van der Waals surface area contributed by atoms with Gasteiger partial charge in [-0.2, -0.15) is 0 Å². The predicted molar refractivity (Wildman–Crippen MR) is 119 cm³/mol. The van der Waals surface area contributed by atoms with E-state index >= 15 is 0 Å². The van der Waals surface area contributed by atoms with Gasteiger partial charge >= 0.3 is 12.0 Å². The van der Waals surface area contributed by atoms with Crippen LogP contribution in [-0.4, -0.2) is 17.1 Å². The van der Waals surface area contributed by atoms with Crippen molar-refractivity contribution in [1.29, 1.82) is 0 Å². The molecule has 0 radical (unpaired) electrons. The van der Waals surface area contributed by atoms with E-state index in [1.165, 1.54) is 4.90 Å². The number of hydrogen-bond acceptors (Lipinski definition) is 2. The molecule has 0 fully saturated rings. The number of hydrogen-bond donors (Lipinski definition) is 2. The molecule has 0 spiro atoms. The van der Waals surface area contributed by atoms with Crippen molar-refractivity contribution in [2.75, 3.05) is 4.90 Å². The van der Waals surface area contributed by atoms with Gasteiger partial charge in [0.15, 0.2) is 0 Å². The van der Waals surface area contributed by atoms with Crippen molar-refractivity contribution in [2.24, 2.45) is 0 Å². The maximum absolute atomic E-state index is 12.9. The van der Waals surface area contributed by atoms with Crippen LogP contribution in [0.4, 0.5) is 16.2 Å². The molecule has 0 aromatic heterocycles. The fraction of sp³-hybridized carbons (Fsp3) is 0.0909. The van der Waals surface area contributed by atoms with Gasteiger partial charge in [-0.05, 0) is 35.4 Å². The Balaban J connectivity index is 2.01. The lowest BCUT2D eigenvalue weighted by Crippen LogP contribution is -2.41. The van der Waals surface area contributed by atoms with Crippen molar-refractivity contribution in [2.45, 2.75) is 13.0 Å². The smallest absolute Gasteiger partial charge is 0.326 e. The number of nitrogens with zero attached hydrogens (tertiary/aromatic N) is 1. The quantitative estimate of drug-likeness (QED) is 0.479. The summed E-state index contributed by atoms with van der Waals surface area (Å²) >= 11 is 19.2. The molecule has 1 aliphatic heterocycles. The zero-order chi connectivity index (χ0) is 21.4. The molecule has 1 heterocycles. The van der Waals surface area contributed by atoms with Crippen molar-refractivity contribution >= 4 is 58.2 Å². The Morgan fingerprint density at radius 2 is 1.63 bits per heavy atom. The fourth-order valence-corrected chi connectivity index (χ4v) is 4.38. The summed E-state index contributed by atoms with van der Waals surface area (Å²) in [5.74, 6) is -0.984. The number of para-hydroxylation sites is 1. The zero-order valence-corrected chi connectivity index (χ0v) is 17.7. The second-order valence-electron chi connectivity index (χ2n) is 6.76. The van der Waals surface area contributed by atoms with E-state index in [9.17, 15) is 14.7 Å². The van der Waals surface area contributed by atoms with Crippen molar-refractivity contribution in [3.8, 4) is 11.1 Å². The summed E-state index contributed by atoms with van der Waals surface area (Å²) in [6, 6.07) is 15.3. The fourth-order valence-electron chi connectivity index (χ4n) is 3.57. The van der Waals surface area contributed by atoms with Crippen LogP contribution in [0, 0.1) is 0 Å². The van der Waals surface area contributed by atoms with Gasteiger partial charge < -0.3 is 10.4 Å². The first-order valence-electron chi connectivity index (χ1n) is 9.01. The SMILES string of the molecule is O=C(O)Cc1cc(-c2ccccc2Cl)c2c(c1)N(c1c(Cl)cccc1Cl)C(=O)NC2. The molecule has 0 bridgehead atoms. The molecule has 3 aromatic rings. The maximum atomic E-state index is 12.9. The zero-order valence-electron chi connectivity index (χ0n) is 15.5. The van der Waals surface area contributed by atoms with Crippen LogP contribution >= 0.6 is 34.8 Å². The predicted octanol–water partition coefficient (Wildman–Crippen LogP) is 6.30. The summed E-state index contributed by atoms with van der Waals surface area (Å²) < 4.78 is 0. The minimum Gasteiger partial charge on any atom is -0.481 e. The summed E-state index contributed by atoms with van der Waals surface area (Å²) in [5.41, 5.74) is 3.64. The van der Waals surface area contributed by atoms with E-state index in [4.69, 9.17) is 34.8 Å². The van der Waals surface area contributed by atoms with Crippen LogP contribution in [0.3, 0.4) is 0 Å². The Labute approximate surface area is 187 Å². The summed E-state index contributed by atoms with van der Waals surface area (Å²) in [7, 11) is 0. The first-order valence-corrected chi connectivity index (χ1v) is 10.1. The molecule has 0 atom stereocenters. The van der Waals surface area contributed by atoms with Crippen LogP contribution in [0.25, 0.3) is 11.1 Å². The molecule has 8 heteroatoms. The van der Waals surface area contributed by atoms with Crippen LogP contribution in [-0.2, 0) is 17.8 Å². The van der Waals surface area contributed by atoms with E-state index in [0.29, 0.717) is 32.0 Å². The average molecular weight is 462 g/mol. The van der Waals surface area contributed by atoms with Crippen LogP contribution in [0.1, 0.15) is 11.1 Å². The minimum absolute atomic E-state index is 0.212. The first-order chi connectivity index (χ1) is 14.4. The molecule has 3 aromatic carbocycles. The number of aliphatic carboxylic acids is 1. The maximum Gasteiger partial charge on any atom is 0.326 e. The third-order valence-electron chi connectivity index (χ3n) is 4.83. The van der Waals surface area contributed by atoms with Gasteiger partial charge in [-0.15, -0.1) is 0 Å². The number of benzene rings is 3. The largest absolute Gasteiger partial charge is 0.481 e. The summed E-state index contributed by atoms with van der Waals surface area (Å²) in [5, 5.41) is 13.3. The van der Waals surface area contributed by atoms with Gasteiger partial charge in [0.25, 0.3) is 0 Å². The Bertz CT molecular complexity index is 1160. The highest BCUT2D eigenvalue weighted by Gasteiger charge is 2.31. The average Bonchev–Trinajstić information content (AvgIpc) is 2.69. The van der Waals surface area contributed by atoms with Gasteiger partial charge in [-0.1, -0.05) is 65.1 Å².